The molecular weight excluding hydrogens is 140 g/mol. The number of thiocarbonyl (C=S) groups is 1. The third-order valence-corrected chi connectivity index (χ3v) is 1.67. The minimum absolute atomic E-state index is 0.513. The lowest BCUT2D eigenvalue weighted by Gasteiger charge is -2.02. The van der Waals surface area contributed by atoms with Gasteiger partial charge in [-0.25, -0.2) is 5.84 Å². The number of rotatable bonds is 1. The Hall–Kier alpha value is 0.200. The SMILES string of the molecule is CC(C)SC(=S)NN. The number of thioether (sulfide) groups is 1. The predicted molar refractivity (Wildman–Crippen MR) is 42.6 cm³/mol. The lowest BCUT2D eigenvalue weighted by molar-refractivity contribution is 1.06. The van der Waals surface area contributed by atoms with Gasteiger partial charge in [-0.15, -0.1) is 0 Å². The first-order chi connectivity index (χ1) is 3.66. The van der Waals surface area contributed by atoms with E-state index >= 15 is 0 Å². The van der Waals surface area contributed by atoms with Gasteiger partial charge in [-0.3, -0.25) is 0 Å². The topological polar surface area (TPSA) is 38.0 Å². The van der Waals surface area contributed by atoms with Gasteiger partial charge in [-0.05, 0) is 0 Å². The van der Waals surface area contributed by atoms with Gasteiger partial charge < -0.3 is 5.43 Å². The first-order valence-electron chi connectivity index (χ1n) is 2.34. The molecule has 0 aliphatic carbocycles. The molecule has 48 valence electrons. The van der Waals surface area contributed by atoms with Crippen LogP contribution in [0.4, 0.5) is 0 Å². The van der Waals surface area contributed by atoms with E-state index in [1.165, 1.54) is 0 Å². The van der Waals surface area contributed by atoms with Crippen LogP contribution in [0.2, 0.25) is 0 Å². The summed E-state index contributed by atoms with van der Waals surface area (Å²) in [5, 5.41) is 0.513. The van der Waals surface area contributed by atoms with Crippen molar-refractivity contribution < 1.29 is 0 Å². The van der Waals surface area contributed by atoms with Gasteiger partial charge in [-0.2, -0.15) is 0 Å². The van der Waals surface area contributed by atoms with E-state index in [4.69, 9.17) is 18.1 Å². The third-order valence-electron chi connectivity index (χ3n) is 0.461. The van der Waals surface area contributed by atoms with Gasteiger partial charge in [0.2, 0.25) is 0 Å². The van der Waals surface area contributed by atoms with E-state index in [1.807, 2.05) is 0 Å². The summed E-state index contributed by atoms with van der Waals surface area (Å²) in [7, 11) is 0. The van der Waals surface area contributed by atoms with Crippen LogP contribution in [0.15, 0.2) is 0 Å². The van der Waals surface area contributed by atoms with Crippen LogP contribution in [0.1, 0.15) is 13.8 Å². The Morgan fingerprint density at radius 3 is 2.38 bits per heavy atom. The number of nitrogens with one attached hydrogen (secondary N) is 1. The summed E-state index contributed by atoms with van der Waals surface area (Å²) in [5.74, 6) is 5.01. The van der Waals surface area contributed by atoms with Crippen molar-refractivity contribution in [3.05, 3.63) is 0 Å². The fourth-order valence-electron chi connectivity index (χ4n) is 0.248. The third kappa shape index (κ3) is 4.36. The quantitative estimate of drug-likeness (QED) is 0.330. The highest BCUT2D eigenvalue weighted by Crippen LogP contribution is 2.08. The molecule has 0 aromatic carbocycles. The summed E-state index contributed by atoms with van der Waals surface area (Å²) in [6.07, 6.45) is 0. The maximum Gasteiger partial charge on any atom is 0.148 e. The van der Waals surface area contributed by atoms with E-state index in [2.05, 4.69) is 19.3 Å². The van der Waals surface area contributed by atoms with Gasteiger partial charge >= 0.3 is 0 Å². The molecule has 0 spiro atoms. The Morgan fingerprint density at radius 2 is 2.25 bits per heavy atom. The highest BCUT2D eigenvalue weighted by Gasteiger charge is 1.96. The van der Waals surface area contributed by atoms with Crippen LogP contribution >= 0.6 is 24.0 Å². The molecule has 0 aliphatic rings. The molecule has 0 bridgehead atoms. The molecule has 0 atom stereocenters. The lowest BCUT2D eigenvalue weighted by atomic mass is 10.6. The van der Waals surface area contributed by atoms with E-state index in [1.54, 1.807) is 11.8 Å². The Bertz CT molecular complexity index is 82.1. The molecule has 3 N–H and O–H groups in total. The van der Waals surface area contributed by atoms with Crippen molar-refractivity contribution in [3.63, 3.8) is 0 Å². The first kappa shape index (κ1) is 8.20. The summed E-state index contributed by atoms with van der Waals surface area (Å²) in [5.41, 5.74) is 2.39. The maximum atomic E-state index is 5.01. The van der Waals surface area contributed by atoms with Gasteiger partial charge in [0.05, 0.1) is 0 Å². The Balaban J connectivity index is 3.25. The zero-order valence-electron chi connectivity index (χ0n) is 4.97. The predicted octanol–water partition coefficient (Wildman–Crippen LogP) is 0.876. The Morgan fingerprint density at radius 1 is 1.75 bits per heavy atom. The minimum Gasteiger partial charge on any atom is -0.309 e. The molecule has 0 unspecified atom stereocenters. The van der Waals surface area contributed by atoms with Crippen molar-refractivity contribution in [2.75, 3.05) is 0 Å². The van der Waals surface area contributed by atoms with Crippen molar-refractivity contribution in [1.82, 2.24) is 5.43 Å². The fraction of sp³-hybridized carbons (Fsp3) is 0.750. The summed E-state index contributed by atoms with van der Waals surface area (Å²) < 4.78 is 0.653. The van der Waals surface area contributed by atoms with Gasteiger partial charge in [0, 0.05) is 5.25 Å². The summed E-state index contributed by atoms with van der Waals surface area (Å²) in [4.78, 5) is 0. The van der Waals surface area contributed by atoms with Crippen molar-refractivity contribution in [2.24, 2.45) is 5.84 Å². The molecule has 0 amide bonds. The van der Waals surface area contributed by atoms with Gasteiger partial charge in [0.15, 0.2) is 0 Å². The highest BCUT2D eigenvalue weighted by molar-refractivity contribution is 8.23. The van der Waals surface area contributed by atoms with Gasteiger partial charge in [0.25, 0.3) is 0 Å². The summed E-state index contributed by atoms with van der Waals surface area (Å²) >= 11 is 6.31. The lowest BCUT2D eigenvalue weighted by Crippen LogP contribution is -2.26. The average Bonchev–Trinajstić information content (AvgIpc) is 1.65. The molecular formula is C4H10N2S2. The van der Waals surface area contributed by atoms with Crippen LogP contribution in [0.25, 0.3) is 0 Å². The second-order valence-electron chi connectivity index (χ2n) is 1.60. The van der Waals surface area contributed by atoms with Gasteiger partial charge in [0.1, 0.15) is 4.32 Å². The second-order valence-corrected chi connectivity index (χ2v) is 3.85. The van der Waals surface area contributed by atoms with E-state index < -0.39 is 0 Å². The van der Waals surface area contributed by atoms with Crippen LogP contribution in [-0.2, 0) is 0 Å². The van der Waals surface area contributed by atoms with Gasteiger partial charge in [-0.1, -0.05) is 37.8 Å². The van der Waals surface area contributed by atoms with Crippen molar-refractivity contribution in [1.29, 1.82) is 0 Å². The summed E-state index contributed by atoms with van der Waals surface area (Å²) in [6.45, 7) is 4.13. The monoisotopic (exact) mass is 150 g/mol. The highest BCUT2D eigenvalue weighted by atomic mass is 32.2. The molecule has 0 saturated heterocycles. The largest absolute Gasteiger partial charge is 0.309 e. The fourth-order valence-corrected chi connectivity index (χ4v) is 1.32. The van der Waals surface area contributed by atoms with Crippen molar-refractivity contribution in [2.45, 2.75) is 19.1 Å². The molecule has 0 radical (unpaired) electrons. The number of hydrazine groups is 1. The Labute approximate surface area is 59.2 Å². The number of hydrogen-bond acceptors (Lipinski definition) is 3. The maximum absolute atomic E-state index is 5.01. The molecule has 0 saturated carbocycles. The van der Waals surface area contributed by atoms with Crippen molar-refractivity contribution >= 4 is 28.3 Å². The van der Waals surface area contributed by atoms with Crippen LogP contribution in [0.5, 0.6) is 0 Å². The van der Waals surface area contributed by atoms with Crippen LogP contribution in [-0.4, -0.2) is 9.57 Å². The normalized spacial score (nSPS) is 9.50. The molecule has 0 fully saturated rings. The molecule has 0 aliphatic heterocycles. The van der Waals surface area contributed by atoms with Crippen LogP contribution in [0, 0.1) is 0 Å². The van der Waals surface area contributed by atoms with Crippen LogP contribution < -0.4 is 11.3 Å². The van der Waals surface area contributed by atoms with E-state index in [-0.39, 0.29) is 0 Å². The minimum atomic E-state index is 0.513. The molecule has 8 heavy (non-hydrogen) atoms. The van der Waals surface area contributed by atoms with E-state index in [0.717, 1.165) is 0 Å². The molecule has 2 nitrogen and oxygen atoms in total. The summed E-state index contributed by atoms with van der Waals surface area (Å²) in [6, 6.07) is 0. The zero-order valence-corrected chi connectivity index (χ0v) is 6.60. The molecule has 0 aromatic rings. The molecule has 0 heterocycles. The van der Waals surface area contributed by atoms with E-state index in [9.17, 15) is 0 Å². The standard InChI is InChI=1S/C4H10N2S2/c1-3(2)8-4(7)6-5/h3H,5H2,1-2H3,(H,6,7). The van der Waals surface area contributed by atoms with Crippen LogP contribution in [0.3, 0.4) is 0 Å². The number of hydrogen-bond donors (Lipinski definition) is 2. The number of nitrogens with two attached hydrogens (primary N) is 1. The zero-order chi connectivity index (χ0) is 6.57. The second kappa shape index (κ2) is 4.12. The first-order valence-corrected chi connectivity index (χ1v) is 3.63. The molecule has 0 aromatic heterocycles. The molecule has 4 heteroatoms. The van der Waals surface area contributed by atoms with E-state index in [0.29, 0.717) is 9.57 Å². The smallest absolute Gasteiger partial charge is 0.148 e. The van der Waals surface area contributed by atoms with Crippen molar-refractivity contribution in [3.8, 4) is 0 Å². The average molecular weight is 150 g/mol. The molecule has 0 rings (SSSR count). The Kier molecular flexibility index (Phi) is 4.22.